The molecular formula is C18H18N2O3S. The fraction of sp³-hybridized carbons (Fsp3) is 0.389. The van der Waals surface area contributed by atoms with E-state index in [1.807, 2.05) is 32.1 Å². The fourth-order valence-corrected chi connectivity index (χ4v) is 4.89. The highest BCUT2D eigenvalue weighted by molar-refractivity contribution is 7.22. The third kappa shape index (κ3) is 2.33. The summed E-state index contributed by atoms with van der Waals surface area (Å²) in [6.07, 6.45) is 4.68. The van der Waals surface area contributed by atoms with Crippen molar-refractivity contribution in [2.24, 2.45) is 23.7 Å². The summed E-state index contributed by atoms with van der Waals surface area (Å²) in [4.78, 5) is 28.7. The average molecular weight is 342 g/mol. The zero-order chi connectivity index (χ0) is 17.0. The molecule has 1 aromatic carbocycles. The van der Waals surface area contributed by atoms with E-state index in [1.165, 1.54) is 16.9 Å². The Balaban J connectivity index is 1.60. The molecule has 0 spiro atoms. The predicted molar refractivity (Wildman–Crippen MR) is 93.1 cm³/mol. The van der Waals surface area contributed by atoms with Gasteiger partial charge in [-0.1, -0.05) is 23.5 Å². The van der Waals surface area contributed by atoms with Gasteiger partial charge in [0.15, 0.2) is 5.13 Å². The Kier molecular flexibility index (Phi) is 3.46. The summed E-state index contributed by atoms with van der Waals surface area (Å²) in [7, 11) is 0. The Hall–Kier alpha value is -2.21. The van der Waals surface area contributed by atoms with Crippen molar-refractivity contribution in [1.82, 2.24) is 4.98 Å². The van der Waals surface area contributed by atoms with Crippen LogP contribution in [0.5, 0.6) is 0 Å². The van der Waals surface area contributed by atoms with Gasteiger partial charge in [-0.25, -0.2) is 4.98 Å². The molecule has 24 heavy (non-hydrogen) atoms. The van der Waals surface area contributed by atoms with Crippen molar-refractivity contribution >= 4 is 38.6 Å². The van der Waals surface area contributed by atoms with Crippen molar-refractivity contribution in [3.8, 4) is 0 Å². The highest BCUT2D eigenvalue weighted by Crippen LogP contribution is 2.48. The molecule has 0 unspecified atom stereocenters. The van der Waals surface area contributed by atoms with Crippen molar-refractivity contribution < 1.29 is 14.7 Å². The van der Waals surface area contributed by atoms with Gasteiger partial charge >= 0.3 is 5.97 Å². The molecule has 0 saturated heterocycles. The number of rotatable bonds is 3. The van der Waals surface area contributed by atoms with E-state index in [2.05, 4.69) is 16.4 Å². The summed E-state index contributed by atoms with van der Waals surface area (Å²) in [5.41, 5.74) is 3.21. The van der Waals surface area contributed by atoms with E-state index in [1.54, 1.807) is 0 Å². The number of nitrogens with zero attached hydrogens (tertiary/aromatic N) is 1. The number of benzene rings is 1. The molecule has 124 valence electrons. The van der Waals surface area contributed by atoms with Crippen molar-refractivity contribution in [2.45, 2.75) is 20.3 Å². The standard InChI is InChI=1S/C18H18N2O3S/c1-8-5-12-13(6-9(8)2)24-18(19-12)20-16(21)14-10-3-4-11(7-10)15(14)17(22)23/h3-6,10-11,14-15H,7H2,1-2H3,(H,22,23)(H,19,20,21)/t10-,11-,14-,15-/m0/s1. The average Bonchev–Trinajstić information content (AvgIpc) is 3.20. The number of thiazole rings is 1. The van der Waals surface area contributed by atoms with Gasteiger partial charge in [-0.3, -0.25) is 9.59 Å². The zero-order valence-electron chi connectivity index (χ0n) is 13.4. The maximum Gasteiger partial charge on any atom is 0.307 e. The van der Waals surface area contributed by atoms with Crippen LogP contribution in [-0.4, -0.2) is 22.0 Å². The number of carboxylic acids is 1. The van der Waals surface area contributed by atoms with E-state index in [4.69, 9.17) is 0 Å². The second-order valence-corrected chi connectivity index (χ2v) is 7.78. The van der Waals surface area contributed by atoms with Gasteiger partial charge in [0.2, 0.25) is 5.91 Å². The lowest BCUT2D eigenvalue weighted by molar-refractivity contribution is -0.146. The van der Waals surface area contributed by atoms with Gasteiger partial charge in [0.1, 0.15) is 0 Å². The molecule has 2 aliphatic rings. The zero-order valence-corrected chi connectivity index (χ0v) is 14.3. The number of carbonyl (C=O) groups excluding carboxylic acids is 1. The Morgan fingerprint density at radius 1 is 1.17 bits per heavy atom. The second-order valence-electron chi connectivity index (χ2n) is 6.75. The molecule has 1 amide bonds. The number of aromatic nitrogens is 1. The first-order valence-corrected chi connectivity index (χ1v) is 8.85. The van der Waals surface area contributed by atoms with Crippen LogP contribution in [0.3, 0.4) is 0 Å². The van der Waals surface area contributed by atoms with Gasteiger partial charge in [-0.15, -0.1) is 0 Å². The lowest BCUT2D eigenvalue weighted by Crippen LogP contribution is -2.36. The van der Waals surface area contributed by atoms with Gasteiger partial charge in [0, 0.05) is 0 Å². The minimum atomic E-state index is -0.887. The summed E-state index contributed by atoms with van der Waals surface area (Å²) >= 11 is 1.43. The first-order valence-electron chi connectivity index (χ1n) is 8.04. The first-order chi connectivity index (χ1) is 11.4. The molecule has 1 saturated carbocycles. The molecule has 0 radical (unpaired) electrons. The van der Waals surface area contributed by atoms with Crippen molar-refractivity contribution in [2.75, 3.05) is 5.32 Å². The number of nitrogens with one attached hydrogen (secondary N) is 1. The molecule has 2 aliphatic carbocycles. The number of allylic oxidation sites excluding steroid dienone is 2. The quantitative estimate of drug-likeness (QED) is 0.838. The highest BCUT2D eigenvalue weighted by Gasteiger charge is 2.51. The van der Waals surface area contributed by atoms with Gasteiger partial charge in [-0.2, -0.15) is 0 Å². The van der Waals surface area contributed by atoms with E-state index in [0.29, 0.717) is 5.13 Å². The smallest absolute Gasteiger partial charge is 0.307 e. The van der Waals surface area contributed by atoms with Crippen molar-refractivity contribution in [1.29, 1.82) is 0 Å². The van der Waals surface area contributed by atoms with Crippen molar-refractivity contribution in [3.63, 3.8) is 0 Å². The highest BCUT2D eigenvalue weighted by atomic mass is 32.1. The summed E-state index contributed by atoms with van der Waals surface area (Å²) in [6.45, 7) is 4.08. The number of hydrogen-bond donors (Lipinski definition) is 2. The SMILES string of the molecule is Cc1cc2nc(NC(=O)[C@@H]3[C@@H](C(=O)O)[C@H]4C=C[C@H]3C4)sc2cc1C. The first kappa shape index (κ1) is 15.3. The van der Waals surface area contributed by atoms with Crippen LogP contribution >= 0.6 is 11.3 Å². The molecule has 2 aromatic rings. The Morgan fingerprint density at radius 3 is 2.54 bits per heavy atom. The summed E-state index contributed by atoms with van der Waals surface area (Å²) in [5.74, 6) is -2.25. The largest absolute Gasteiger partial charge is 0.481 e. The fourth-order valence-electron chi connectivity index (χ4n) is 3.94. The number of hydrogen-bond acceptors (Lipinski definition) is 4. The van der Waals surface area contributed by atoms with E-state index >= 15 is 0 Å². The number of amides is 1. The third-order valence-electron chi connectivity index (χ3n) is 5.28. The summed E-state index contributed by atoms with van der Waals surface area (Å²) in [5, 5.41) is 12.9. The van der Waals surface area contributed by atoms with Crippen LogP contribution in [0.15, 0.2) is 24.3 Å². The van der Waals surface area contributed by atoms with Gasteiger partial charge in [0.05, 0.1) is 22.1 Å². The molecule has 5 nitrogen and oxygen atoms in total. The van der Waals surface area contributed by atoms with E-state index < -0.39 is 17.8 Å². The molecule has 2 N–H and O–H groups in total. The molecule has 1 aromatic heterocycles. The molecule has 4 rings (SSSR count). The van der Waals surface area contributed by atoms with Crippen LogP contribution in [0, 0.1) is 37.5 Å². The van der Waals surface area contributed by atoms with Gasteiger partial charge < -0.3 is 10.4 Å². The summed E-state index contributed by atoms with van der Waals surface area (Å²) < 4.78 is 1.02. The maximum atomic E-state index is 12.7. The molecule has 2 bridgehead atoms. The monoisotopic (exact) mass is 342 g/mol. The molecule has 4 atom stereocenters. The van der Waals surface area contributed by atoms with E-state index in [-0.39, 0.29) is 17.7 Å². The van der Waals surface area contributed by atoms with Crippen LogP contribution in [0.2, 0.25) is 0 Å². The number of carboxylic acid groups (broad SMARTS) is 1. The lowest BCUT2D eigenvalue weighted by Gasteiger charge is -2.23. The number of anilines is 1. The van der Waals surface area contributed by atoms with Crippen LogP contribution in [0.1, 0.15) is 17.5 Å². The van der Waals surface area contributed by atoms with Crippen LogP contribution in [-0.2, 0) is 9.59 Å². The normalized spacial score (nSPS) is 27.8. The topological polar surface area (TPSA) is 79.3 Å². The summed E-state index contributed by atoms with van der Waals surface area (Å²) in [6, 6.07) is 4.08. The van der Waals surface area contributed by atoms with Crippen LogP contribution < -0.4 is 5.32 Å². The Labute approximate surface area is 143 Å². The predicted octanol–water partition coefficient (Wildman–Crippen LogP) is 3.37. The Bertz CT molecular complexity index is 847. The van der Waals surface area contributed by atoms with Gasteiger partial charge in [-0.05, 0) is 55.4 Å². The van der Waals surface area contributed by atoms with Crippen LogP contribution in [0.25, 0.3) is 10.2 Å². The van der Waals surface area contributed by atoms with E-state index in [0.717, 1.165) is 22.2 Å². The number of carbonyl (C=O) groups is 2. The van der Waals surface area contributed by atoms with Crippen molar-refractivity contribution in [3.05, 3.63) is 35.4 Å². The molecular weight excluding hydrogens is 324 g/mol. The molecule has 6 heteroatoms. The third-order valence-corrected chi connectivity index (χ3v) is 6.21. The minimum absolute atomic E-state index is 0.0231. The molecule has 1 heterocycles. The molecule has 0 aliphatic heterocycles. The Morgan fingerprint density at radius 2 is 1.83 bits per heavy atom. The van der Waals surface area contributed by atoms with Crippen LogP contribution in [0.4, 0.5) is 5.13 Å². The minimum Gasteiger partial charge on any atom is -0.481 e. The van der Waals surface area contributed by atoms with E-state index in [9.17, 15) is 14.7 Å². The number of aliphatic carboxylic acids is 1. The molecule has 1 fully saturated rings. The van der Waals surface area contributed by atoms with Gasteiger partial charge in [0.25, 0.3) is 0 Å². The number of fused-ring (bicyclic) bond motifs is 3. The lowest BCUT2D eigenvalue weighted by atomic mass is 9.82. The number of aryl methyl sites for hydroxylation is 2. The maximum absolute atomic E-state index is 12.7. The second kappa shape index (κ2) is 5.41.